The van der Waals surface area contributed by atoms with Crippen molar-refractivity contribution >= 4 is 50.0 Å². The maximum Gasteiger partial charge on any atom is 0.474 e. The molecular formula is C24H20BrF10N3O3S. The van der Waals surface area contributed by atoms with Crippen LogP contribution in [0.25, 0.3) is 0 Å². The number of aryl methyl sites for hydroxylation is 1. The van der Waals surface area contributed by atoms with E-state index in [2.05, 4.69) is 30.9 Å². The number of hydrogen-bond donors (Lipinski definition) is 2. The van der Waals surface area contributed by atoms with Crippen molar-refractivity contribution in [2.75, 3.05) is 17.3 Å². The molecule has 0 heterocycles. The molecule has 0 aromatic heterocycles. The third-order valence-corrected chi connectivity index (χ3v) is 7.61. The lowest BCUT2D eigenvalue weighted by Gasteiger charge is -2.30. The van der Waals surface area contributed by atoms with Crippen molar-refractivity contribution in [3.05, 3.63) is 63.1 Å². The first kappa shape index (κ1) is 35.2. The molecular weight excluding hydrogens is 680 g/mol. The summed E-state index contributed by atoms with van der Waals surface area (Å²) in [6.07, 6.45) is -16.6. The smallest absolute Gasteiger partial charge is 0.349 e. The first-order valence-corrected chi connectivity index (χ1v) is 13.9. The summed E-state index contributed by atoms with van der Waals surface area (Å²) in [6, 6.07) is 4.18. The lowest BCUT2D eigenvalue weighted by molar-refractivity contribution is -0.348. The van der Waals surface area contributed by atoms with Crippen LogP contribution in [0.2, 0.25) is 0 Å². The molecule has 1 unspecified atom stereocenters. The molecule has 2 aromatic rings. The highest BCUT2D eigenvalue weighted by Crippen LogP contribution is 2.53. The number of alkyl halides is 10. The van der Waals surface area contributed by atoms with Crippen molar-refractivity contribution in [1.29, 1.82) is 0 Å². The van der Waals surface area contributed by atoms with Gasteiger partial charge in [0.05, 0.1) is 11.1 Å². The van der Waals surface area contributed by atoms with Crippen LogP contribution < -0.4 is 10.6 Å². The maximum absolute atomic E-state index is 14.4. The van der Waals surface area contributed by atoms with Gasteiger partial charge in [0, 0.05) is 27.5 Å². The minimum absolute atomic E-state index is 0.0805. The monoisotopic (exact) mass is 699 g/mol. The zero-order valence-electron chi connectivity index (χ0n) is 21.5. The second kappa shape index (κ2) is 12.7. The Morgan fingerprint density at radius 3 is 2.00 bits per heavy atom. The summed E-state index contributed by atoms with van der Waals surface area (Å²) in [5.74, 6) is -4.36. The number of nitrogens with zero attached hydrogens (tertiary/aromatic N) is 1. The van der Waals surface area contributed by atoms with E-state index < -0.39 is 64.2 Å². The highest BCUT2D eigenvalue weighted by Gasteiger charge is 2.73. The Labute approximate surface area is 242 Å². The van der Waals surface area contributed by atoms with Gasteiger partial charge in [0.1, 0.15) is 0 Å². The summed E-state index contributed by atoms with van der Waals surface area (Å²) < 4.78 is 133. The van der Waals surface area contributed by atoms with E-state index in [1.807, 2.05) is 0 Å². The fourth-order valence-electron chi connectivity index (χ4n) is 3.57. The summed E-state index contributed by atoms with van der Waals surface area (Å²) in [5, 5.41) is 4.70. The standard InChI is InChI=1S/C24H20BrF10N3O3S/c1-11-9-13(21(26,23(30,31)32)24(33,34)35)7-8-16(11)37-18(39)14-5-4-6-15(25)17(14)19(40)36-12(2)10-42(3)38-20(41)22(27,28)29/h4-9,12H,10H2,1-3H3,(H,36,40)(H,37,39)/t12-,42?/m0/s1. The topological polar surface area (TPSA) is 87.6 Å². The molecule has 0 radical (unpaired) electrons. The number of anilines is 1. The zero-order chi connectivity index (χ0) is 32.4. The van der Waals surface area contributed by atoms with Crippen LogP contribution in [0.15, 0.2) is 45.2 Å². The molecule has 42 heavy (non-hydrogen) atoms. The van der Waals surface area contributed by atoms with Crippen LogP contribution in [-0.2, 0) is 21.2 Å². The molecule has 2 atom stereocenters. The molecule has 232 valence electrons. The fraction of sp³-hybridized carbons (Fsp3) is 0.375. The molecule has 0 aliphatic heterocycles. The number of nitrogens with one attached hydrogen (secondary N) is 2. The van der Waals surface area contributed by atoms with Crippen LogP contribution in [-0.4, -0.2) is 54.3 Å². The molecule has 6 nitrogen and oxygen atoms in total. The van der Waals surface area contributed by atoms with Crippen molar-refractivity contribution in [2.24, 2.45) is 4.36 Å². The largest absolute Gasteiger partial charge is 0.474 e. The van der Waals surface area contributed by atoms with E-state index >= 15 is 0 Å². The number of amides is 3. The maximum atomic E-state index is 14.4. The Kier molecular flexibility index (Phi) is 10.6. The third kappa shape index (κ3) is 7.87. The Morgan fingerprint density at radius 2 is 1.50 bits per heavy atom. The quantitative estimate of drug-likeness (QED) is 0.307. The van der Waals surface area contributed by atoms with Gasteiger partial charge in [-0.3, -0.25) is 14.4 Å². The highest BCUT2D eigenvalue weighted by molar-refractivity contribution is 9.10. The predicted molar refractivity (Wildman–Crippen MR) is 137 cm³/mol. The van der Waals surface area contributed by atoms with E-state index in [4.69, 9.17) is 0 Å². The first-order chi connectivity index (χ1) is 19.0. The molecule has 0 saturated heterocycles. The normalized spacial score (nSPS) is 14.3. The van der Waals surface area contributed by atoms with Gasteiger partial charge >= 0.3 is 30.1 Å². The van der Waals surface area contributed by atoms with Gasteiger partial charge in [-0.05, 0) is 59.8 Å². The van der Waals surface area contributed by atoms with Gasteiger partial charge in [0.25, 0.3) is 11.8 Å². The lowest BCUT2D eigenvalue weighted by atomic mass is 9.92. The molecule has 0 fully saturated rings. The molecule has 2 N–H and O–H groups in total. The summed E-state index contributed by atoms with van der Waals surface area (Å²) in [6.45, 7) is 2.43. The second-order valence-corrected chi connectivity index (χ2v) is 11.4. The van der Waals surface area contributed by atoms with Gasteiger partial charge in [0.15, 0.2) is 0 Å². The molecule has 2 aromatic carbocycles. The van der Waals surface area contributed by atoms with Gasteiger partial charge in [-0.15, -0.1) is 0 Å². The molecule has 3 amide bonds. The summed E-state index contributed by atoms with van der Waals surface area (Å²) >= 11 is 3.10. The van der Waals surface area contributed by atoms with Crippen molar-refractivity contribution < 1.29 is 58.3 Å². The Balaban J connectivity index is 2.32. The van der Waals surface area contributed by atoms with E-state index in [0.29, 0.717) is 6.07 Å². The van der Waals surface area contributed by atoms with Gasteiger partial charge < -0.3 is 10.6 Å². The number of carbonyl (C=O) groups excluding carboxylic acids is 3. The number of hydrogen-bond acceptors (Lipinski definition) is 3. The van der Waals surface area contributed by atoms with Crippen LogP contribution in [0.4, 0.5) is 49.6 Å². The van der Waals surface area contributed by atoms with E-state index in [1.54, 1.807) is 0 Å². The molecule has 0 spiro atoms. The van der Waals surface area contributed by atoms with Crippen LogP contribution >= 0.6 is 15.9 Å². The van der Waals surface area contributed by atoms with Crippen LogP contribution in [0.3, 0.4) is 0 Å². The minimum atomic E-state index is -6.33. The van der Waals surface area contributed by atoms with Crippen molar-refractivity contribution in [3.63, 3.8) is 0 Å². The fourth-order valence-corrected chi connectivity index (χ4v) is 5.38. The molecule has 0 aliphatic rings. The third-order valence-electron chi connectivity index (χ3n) is 5.49. The van der Waals surface area contributed by atoms with Crippen LogP contribution in [0.1, 0.15) is 38.8 Å². The Bertz CT molecular complexity index is 1390. The summed E-state index contributed by atoms with van der Waals surface area (Å²) in [7, 11) is -1.44. The van der Waals surface area contributed by atoms with Gasteiger partial charge in [-0.1, -0.05) is 28.9 Å². The van der Waals surface area contributed by atoms with Crippen molar-refractivity contribution in [2.45, 2.75) is 44.1 Å². The van der Waals surface area contributed by atoms with Crippen LogP contribution in [0, 0.1) is 6.92 Å². The number of carbonyl (C=O) groups is 3. The molecule has 0 aliphatic carbocycles. The second-order valence-electron chi connectivity index (χ2n) is 8.84. The van der Waals surface area contributed by atoms with Gasteiger partial charge in [-0.2, -0.15) is 43.9 Å². The predicted octanol–water partition coefficient (Wildman–Crippen LogP) is 6.94. The van der Waals surface area contributed by atoms with Gasteiger partial charge in [0.2, 0.25) is 0 Å². The van der Waals surface area contributed by atoms with E-state index in [-0.39, 0.29) is 44.7 Å². The summed E-state index contributed by atoms with van der Waals surface area (Å²) in [4.78, 5) is 37.0. The average molecular weight is 700 g/mol. The van der Waals surface area contributed by atoms with Crippen molar-refractivity contribution in [3.8, 4) is 0 Å². The first-order valence-electron chi connectivity index (χ1n) is 11.3. The Morgan fingerprint density at radius 1 is 0.929 bits per heavy atom. The number of rotatable bonds is 7. The molecule has 2 rings (SSSR count). The molecule has 18 heteroatoms. The van der Waals surface area contributed by atoms with E-state index in [0.717, 1.165) is 6.92 Å². The van der Waals surface area contributed by atoms with Crippen LogP contribution in [0.5, 0.6) is 0 Å². The minimum Gasteiger partial charge on any atom is -0.349 e. The van der Waals surface area contributed by atoms with E-state index in [9.17, 15) is 58.3 Å². The lowest BCUT2D eigenvalue weighted by Crippen LogP contribution is -2.50. The van der Waals surface area contributed by atoms with Gasteiger partial charge in [-0.25, -0.2) is 4.39 Å². The molecule has 0 saturated carbocycles. The number of benzene rings is 2. The summed E-state index contributed by atoms with van der Waals surface area (Å²) in [5.41, 5.74) is -8.67. The number of halogens is 11. The SMILES string of the molecule is Cc1cc(C(F)(C(F)(F)F)C(F)(F)F)ccc1NC(=O)c1cccc(Br)c1C(=O)N[C@@H](C)CS(C)=NC(=O)C(F)(F)F. The van der Waals surface area contributed by atoms with E-state index in [1.165, 1.54) is 31.4 Å². The zero-order valence-corrected chi connectivity index (χ0v) is 23.9. The highest BCUT2D eigenvalue weighted by atomic mass is 79.9. The Hall–Kier alpha value is -3.02. The average Bonchev–Trinajstić information content (AvgIpc) is 2.82. The molecule has 0 bridgehead atoms. The van der Waals surface area contributed by atoms with Crippen molar-refractivity contribution in [1.82, 2.24) is 5.32 Å².